The van der Waals surface area contributed by atoms with Crippen LogP contribution in [0.5, 0.6) is 0 Å². The Kier molecular flexibility index (Phi) is 2.45. The van der Waals surface area contributed by atoms with Crippen LogP contribution in [0.1, 0.15) is 0 Å². The first kappa shape index (κ1) is 9.39. The number of anilines is 1. The molecule has 0 aliphatic carbocycles. The molecule has 0 saturated carbocycles. The van der Waals surface area contributed by atoms with E-state index in [1.54, 1.807) is 18.3 Å². The molecule has 2 rings (SSSR count). The summed E-state index contributed by atoms with van der Waals surface area (Å²) in [6.07, 6.45) is 4.69. The zero-order chi connectivity index (χ0) is 10.7. The van der Waals surface area contributed by atoms with Crippen LogP contribution >= 0.6 is 0 Å². The fraction of sp³-hybridized carbons (Fsp3) is 0.100. The molecule has 0 aromatic carbocycles. The summed E-state index contributed by atoms with van der Waals surface area (Å²) >= 11 is 0. The Morgan fingerprint density at radius 3 is 3.20 bits per heavy atom. The number of hydrogen-bond acceptors (Lipinski definition) is 4. The summed E-state index contributed by atoms with van der Waals surface area (Å²) in [4.78, 5) is 22.2. The van der Waals surface area contributed by atoms with Crippen LogP contribution in [0.3, 0.4) is 0 Å². The number of fused-ring (bicyclic) bond motifs is 1. The standard InChI is InChI=1S/C10H10N4O/c1-2-4-11-9-8-7(3-5-12-9)13-6-14-10(8)15/h2-3,5-6H,1,4H2,(H,11,12)(H,13,14,15). The van der Waals surface area contributed by atoms with Crippen molar-refractivity contribution in [2.75, 3.05) is 11.9 Å². The first-order chi connectivity index (χ1) is 7.33. The molecule has 0 aliphatic rings. The molecular formula is C10H10N4O. The van der Waals surface area contributed by atoms with Crippen LogP contribution in [0, 0.1) is 0 Å². The highest BCUT2D eigenvalue weighted by atomic mass is 16.1. The zero-order valence-corrected chi connectivity index (χ0v) is 8.03. The van der Waals surface area contributed by atoms with E-state index in [2.05, 4.69) is 26.8 Å². The number of aromatic nitrogens is 3. The van der Waals surface area contributed by atoms with Gasteiger partial charge in [-0.3, -0.25) is 4.79 Å². The molecule has 0 fully saturated rings. The summed E-state index contributed by atoms with van der Waals surface area (Å²) in [5.41, 5.74) is 0.431. The maximum atomic E-state index is 11.6. The number of H-pyrrole nitrogens is 1. The van der Waals surface area contributed by atoms with Crippen LogP contribution in [-0.4, -0.2) is 21.5 Å². The van der Waals surface area contributed by atoms with E-state index in [9.17, 15) is 4.79 Å². The van der Waals surface area contributed by atoms with Crippen molar-refractivity contribution in [3.63, 3.8) is 0 Å². The van der Waals surface area contributed by atoms with E-state index in [-0.39, 0.29) is 5.56 Å². The average Bonchev–Trinajstić information content (AvgIpc) is 2.26. The summed E-state index contributed by atoms with van der Waals surface area (Å²) in [5, 5.41) is 3.46. The van der Waals surface area contributed by atoms with Gasteiger partial charge in [-0.05, 0) is 6.07 Å². The summed E-state index contributed by atoms with van der Waals surface area (Å²) in [7, 11) is 0. The SMILES string of the molecule is C=CCNc1nccc2nc[nH]c(=O)c12. The van der Waals surface area contributed by atoms with Crippen molar-refractivity contribution in [3.05, 3.63) is 41.6 Å². The second-order valence-corrected chi connectivity index (χ2v) is 2.95. The predicted molar refractivity (Wildman–Crippen MR) is 58.8 cm³/mol. The highest BCUT2D eigenvalue weighted by Gasteiger charge is 2.05. The smallest absolute Gasteiger partial charge is 0.262 e. The quantitative estimate of drug-likeness (QED) is 0.726. The summed E-state index contributed by atoms with van der Waals surface area (Å²) in [6, 6.07) is 1.70. The molecule has 2 heterocycles. The molecule has 0 bridgehead atoms. The number of pyridine rings is 1. The van der Waals surface area contributed by atoms with Crippen LogP contribution in [0.4, 0.5) is 5.82 Å². The predicted octanol–water partition coefficient (Wildman–Crippen LogP) is 0.916. The van der Waals surface area contributed by atoms with E-state index in [1.165, 1.54) is 6.33 Å². The molecule has 5 heteroatoms. The van der Waals surface area contributed by atoms with Crippen molar-refractivity contribution < 1.29 is 0 Å². The molecule has 76 valence electrons. The minimum atomic E-state index is -0.195. The highest BCUT2D eigenvalue weighted by Crippen LogP contribution is 2.13. The van der Waals surface area contributed by atoms with Gasteiger partial charge in [0.2, 0.25) is 0 Å². The van der Waals surface area contributed by atoms with Crippen molar-refractivity contribution in [2.45, 2.75) is 0 Å². The van der Waals surface area contributed by atoms with Crippen molar-refractivity contribution >= 4 is 16.7 Å². The number of nitrogens with zero attached hydrogens (tertiary/aromatic N) is 2. The van der Waals surface area contributed by atoms with Gasteiger partial charge in [0.05, 0.1) is 11.8 Å². The molecule has 0 unspecified atom stereocenters. The van der Waals surface area contributed by atoms with Crippen LogP contribution in [0.2, 0.25) is 0 Å². The lowest BCUT2D eigenvalue weighted by Crippen LogP contribution is -2.11. The lowest BCUT2D eigenvalue weighted by molar-refractivity contribution is 1.15. The fourth-order valence-corrected chi connectivity index (χ4v) is 1.32. The second kappa shape index (κ2) is 3.91. The summed E-state index contributed by atoms with van der Waals surface area (Å²) in [5.74, 6) is 0.529. The number of rotatable bonds is 3. The number of aromatic amines is 1. The topological polar surface area (TPSA) is 70.7 Å². The zero-order valence-electron chi connectivity index (χ0n) is 8.03. The molecule has 2 N–H and O–H groups in total. The fourth-order valence-electron chi connectivity index (χ4n) is 1.32. The molecule has 0 radical (unpaired) electrons. The normalized spacial score (nSPS) is 10.1. The Morgan fingerprint density at radius 2 is 2.40 bits per heavy atom. The van der Waals surface area contributed by atoms with Gasteiger partial charge in [-0.25, -0.2) is 9.97 Å². The number of hydrogen-bond donors (Lipinski definition) is 2. The molecule has 15 heavy (non-hydrogen) atoms. The van der Waals surface area contributed by atoms with Gasteiger partial charge in [-0.1, -0.05) is 6.08 Å². The Hall–Kier alpha value is -2.17. The van der Waals surface area contributed by atoms with Gasteiger partial charge in [0.15, 0.2) is 0 Å². The summed E-state index contributed by atoms with van der Waals surface area (Å²) in [6.45, 7) is 4.14. The Bertz CT molecular complexity index is 541. The van der Waals surface area contributed by atoms with Gasteiger partial charge >= 0.3 is 0 Å². The molecule has 0 aliphatic heterocycles. The van der Waals surface area contributed by atoms with Crippen LogP contribution in [0.25, 0.3) is 10.9 Å². The maximum Gasteiger partial charge on any atom is 0.262 e. The van der Waals surface area contributed by atoms with E-state index in [4.69, 9.17) is 0 Å². The second-order valence-electron chi connectivity index (χ2n) is 2.95. The lowest BCUT2D eigenvalue weighted by atomic mass is 10.3. The lowest BCUT2D eigenvalue weighted by Gasteiger charge is -2.04. The highest BCUT2D eigenvalue weighted by molar-refractivity contribution is 5.87. The van der Waals surface area contributed by atoms with E-state index in [0.29, 0.717) is 23.3 Å². The van der Waals surface area contributed by atoms with Gasteiger partial charge in [-0.2, -0.15) is 0 Å². The van der Waals surface area contributed by atoms with E-state index < -0.39 is 0 Å². The molecule has 0 atom stereocenters. The molecule has 5 nitrogen and oxygen atoms in total. The monoisotopic (exact) mass is 202 g/mol. The Labute approximate surface area is 85.9 Å². The molecular weight excluding hydrogens is 192 g/mol. The van der Waals surface area contributed by atoms with Crippen LogP contribution in [0.15, 0.2) is 36.0 Å². The maximum absolute atomic E-state index is 11.6. The average molecular weight is 202 g/mol. The van der Waals surface area contributed by atoms with E-state index in [0.717, 1.165) is 0 Å². The third kappa shape index (κ3) is 1.71. The van der Waals surface area contributed by atoms with Gasteiger partial charge < -0.3 is 10.3 Å². The van der Waals surface area contributed by atoms with Gasteiger partial charge in [0.25, 0.3) is 5.56 Å². The molecule has 2 aromatic rings. The molecule has 2 aromatic heterocycles. The minimum Gasteiger partial charge on any atom is -0.366 e. The minimum absolute atomic E-state index is 0.195. The largest absolute Gasteiger partial charge is 0.366 e. The first-order valence-electron chi connectivity index (χ1n) is 4.50. The van der Waals surface area contributed by atoms with Gasteiger partial charge in [-0.15, -0.1) is 6.58 Å². The van der Waals surface area contributed by atoms with Crippen molar-refractivity contribution in [2.24, 2.45) is 0 Å². The third-order valence-corrected chi connectivity index (χ3v) is 1.97. The molecule has 0 saturated heterocycles. The Morgan fingerprint density at radius 1 is 1.53 bits per heavy atom. The van der Waals surface area contributed by atoms with Crippen LogP contribution < -0.4 is 10.9 Å². The number of nitrogens with one attached hydrogen (secondary N) is 2. The van der Waals surface area contributed by atoms with Crippen molar-refractivity contribution in [1.29, 1.82) is 0 Å². The van der Waals surface area contributed by atoms with Gasteiger partial charge in [0.1, 0.15) is 11.2 Å². The van der Waals surface area contributed by atoms with Crippen LogP contribution in [-0.2, 0) is 0 Å². The third-order valence-electron chi connectivity index (χ3n) is 1.97. The summed E-state index contributed by atoms with van der Waals surface area (Å²) < 4.78 is 0. The van der Waals surface area contributed by atoms with E-state index in [1.807, 2.05) is 0 Å². The van der Waals surface area contributed by atoms with E-state index >= 15 is 0 Å². The molecule has 0 spiro atoms. The van der Waals surface area contributed by atoms with Gasteiger partial charge in [0, 0.05) is 12.7 Å². The Balaban J connectivity index is 2.63. The first-order valence-corrected chi connectivity index (χ1v) is 4.50. The van der Waals surface area contributed by atoms with Crippen molar-refractivity contribution in [1.82, 2.24) is 15.0 Å². The molecule has 0 amide bonds. The van der Waals surface area contributed by atoms with Crippen molar-refractivity contribution in [3.8, 4) is 0 Å².